The van der Waals surface area contributed by atoms with Crippen LogP contribution in [-0.4, -0.2) is 44.7 Å². The second kappa shape index (κ2) is 8.18. The third-order valence-electron chi connectivity index (χ3n) is 3.76. The highest BCUT2D eigenvalue weighted by Crippen LogP contribution is 2.31. The Bertz CT molecular complexity index is 725. The molecule has 0 saturated carbocycles. The molecule has 1 aromatic heterocycles. The number of anilines is 1. The van der Waals surface area contributed by atoms with E-state index in [0.717, 1.165) is 5.56 Å². The van der Waals surface area contributed by atoms with Crippen LogP contribution >= 0.6 is 0 Å². The quantitative estimate of drug-likeness (QED) is 0.843. The van der Waals surface area contributed by atoms with Crippen molar-refractivity contribution >= 4 is 5.82 Å². The Kier molecular flexibility index (Phi) is 5.99. The third kappa shape index (κ3) is 4.15. The predicted octanol–water partition coefficient (Wildman–Crippen LogP) is 2.69. The minimum Gasteiger partial charge on any atom is -0.493 e. The van der Waals surface area contributed by atoms with Gasteiger partial charge in [0.05, 0.1) is 20.3 Å². The van der Waals surface area contributed by atoms with Gasteiger partial charge in [-0.2, -0.15) is 5.26 Å². The van der Waals surface area contributed by atoms with Gasteiger partial charge in [-0.05, 0) is 43.9 Å². The molecule has 0 fully saturated rings. The molecule has 126 valence electrons. The zero-order valence-corrected chi connectivity index (χ0v) is 14.4. The summed E-state index contributed by atoms with van der Waals surface area (Å²) in [7, 11) is 7.28. The number of likely N-dealkylation sites (N-methyl/N-ethyl adjacent to an activating group) is 1. The Labute approximate surface area is 142 Å². The lowest BCUT2D eigenvalue weighted by atomic mass is 10.0. The summed E-state index contributed by atoms with van der Waals surface area (Å²) in [5.41, 5.74) is 1.49. The Morgan fingerprint density at radius 3 is 2.54 bits per heavy atom. The molecule has 1 N–H and O–H groups in total. The zero-order valence-electron chi connectivity index (χ0n) is 14.4. The van der Waals surface area contributed by atoms with Crippen LogP contribution in [0.3, 0.4) is 0 Å². The second-order valence-corrected chi connectivity index (χ2v) is 5.49. The minimum absolute atomic E-state index is 0.109. The van der Waals surface area contributed by atoms with Gasteiger partial charge in [0.2, 0.25) is 0 Å². The van der Waals surface area contributed by atoms with E-state index in [1.165, 1.54) is 0 Å². The first-order valence-electron chi connectivity index (χ1n) is 7.58. The standard InChI is InChI=1S/C18H22N4O2/c1-22(2)15(12-20-18-7-5-6-14(11-19)21-18)13-8-9-16(23-3)17(10-13)24-4/h5-10,15H,12H2,1-4H3,(H,20,21). The fraction of sp³-hybridized carbons (Fsp3) is 0.333. The molecule has 0 saturated heterocycles. The van der Waals surface area contributed by atoms with Crippen LogP contribution in [0.5, 0.6) is 11.5 Å². The summed E-state index contributed by atoms with van der Waals surface area (Å²) in [6, 6.07) is 13.4. The van der Waals surface area contributed by atoms with Crippen LogP contribution < -0.4 is 14.8 Å². The van der Waals surface area contributed by atoms with Gasteiger partial charge in [-0.1, -0.05) is 12.1 Å². The maximum atomic E-state index is 8.94. The van der Waals surface area contributed by atoms with Gasteiger partial charge in [0.1, 0.15) is 17.6 Å². The van der Waals surface area contributed by atoms with E-state index in [-0.39, 0.29) is 6.04 Å². The average Bonchev–Trinajstić information content (AvgIpc) is 2.61. The molecule has 0 radical (unpaired) electrons. The van der Waals surface area contributed by atoms with E-state index in [1.807, 2.05) is 50.5 Å². The molecule has 1 heterocycles. The van der Waals surface area contributed by atoms with Crippen molar-refractivity contribution in [3.8, 4) is 17.6 Å². The van der Waals surface area contributed by atoms with E-state index < -0.39 is 0 Å². The zero-order chi connectivity index (χ0) is 17.5. The van der Waals surface area contributed by atoms with Crippen molar-refractivity contribution in [2.75, 3.05) is 40.2 Å². The first-order chi connectivity index (χ1) is 11.6. The summed E-state index contributed by atoms with van der Waals surface area (Å²) < 4.78 is 10.7. The van der Waals surface area contributed by atoms with Crippen molar-refractivity contribution in [3.05, 3.63) is 47.7 Å². The molecule has 0 bridgehead atoms. The SMILES string of the molecule is COc1ccc(C(CNc2cccc(C#N)n2)N(C)C)cc1OC. The summed E-state index contributed by atoms with van der Waals surface area (Å²) in [6.45, 7) is 0.643. The number of ether oxygens (including phenoxy) is 2. The maximum absolute atomic E-state index is 8.94. The lowest BCUT2D eigenvalue weighted by Gasteiger charge is -2.26. The highest BCUT2D eigenvalue weighted by atomic mass is 16.5. The average molecular weight is 326 g/mol. The fourth-order valence-corrected chi connectivity index (χ4v) is 2.46. The van der Waals surface area contributed by atoms with Crippen LogP contribution in [0.15, 0.2) is 36.4 Å². The molecule has 0 aliphatic heterocycles. The lowest BCUT2D eigenvalue weighted by molar-refractivity contribution is 0.308. The molecule has 2 aromatic rings. The van der Waals surface area contributed by atoms with E-state index in [9.17, 15) is 0 Å². The summed E-state index contributed by atoms with van der Waals surface area (Å²) in [5.74, 6) is 2.09. The van der Waals surface area contributed by atoms with Crippen molar-refractivity contribution in [1.29, 1.82) is 5.26 Å². The summed E-state index contributed by atoms with van der Waals surface area (Å²) in [4.78, 5) is 6.36. The van der Waals surface area contributed by atoms with E-state index in [2.05, 4.69) is 15.2 Å². The number of nitriles is 1. The molecule has 0 aliphatic carbocycles. The number of aromatic nitrogens is 1. The van der Waals surface area contributed by atoms with Crippen LogP contribution in [-0.2, 0) is 0 Å². The molecule has 6 nitrogen and oxygen atoms in total. The first kappa shape index (κ1) is 17.6. The van der Waals surface area contributed by atoms with E-state index >= 15 is 0 Å². The minimum atomic E-state index is 0.109. The van der Waals surface area contributed by atoms with Crippen LogP contribution in [0, 0.1) is 11.3 Å². The third-order valence-corrected chi connectivity index (χ3v) is 3.76. The number of pyridine rings is 1. The largest absolute Gasteiger partial charge is 0.493 e. The number of hydrogen-bond donors (Lipinski definition) is 1. The fourth-order valence-electron chi connectivity index (χ4n) is 2.46. The van der Waals surface area contributed by atoms with Crippen molar-refractivity contribution in [3.63, 3.8) is 0 Å². The second-order valence-electron chi connectivity index (χ2n) is 5.49. The summed E-state index contributed by atoms with van der Waals surface area (Å²) >= 11 is 0. The summed E-state index contributed by atoms with van der Waals surface area (Å²) in [5, 5.41) is 12.2. The van der Waals surface area contributed by atoms with Gasteiger partial charge in [-0.15, -0.1) is 0 Å². The molecule has 1 aromatic carbocycles. The number of methoxy groups -OCH3 is 2. The normalized spacial score (nSPS) is 11.7. The molecule has 1 atom stereocenters. The molecule has 0 spiro atoms. The molecule has 1 unspecified atom stereocenters. The maximum Gasteiger partial charge on any atom is 0.161 e. The van der Waals surface area contributed by atoms with Crippen molar-refractivity contribution in [2.45, 2.75) is 6.04 Å². The van der Waals surface area contributed by atoms with Crippen molar-refractivity contribution < 1.29 is 9.47 Å². The highest BCUT2D eigenvalue weighted by molar-refractivity contribution is 5.45. The van der Waals surface area contributed by atoms with Gasteiger partial charge in [0.25, 0.3) is 0 Å². The number of hydrogen-bond acceptors (Lipinski definition) is 6. The first-order valence-corrected chi connectivity index (χ1v) is 7.58. The Morgan fingerprint density at radius 1 is 1.17 bits per heavy atom. The highest BCUT2D eigenvalue weighted by Gasteiger charge is 2.16. The van der Waals surface area contributed by atoms with Gasteiger partial charge in [0, 0.05) is 6.54 Å². The molecule has 0 aliphatic rings. The van der Waals surface area contributed by atoms with Gasteiger partial charge in [-0.25, -0.2) is 4.98 Å². The lowest BCUT2D eigenvalue weighted by Crippen LogP contribution is -2.27. The van der Waals surface area contributed by atoms with Crippen LogP contribution in [0.4, 0.5) is 5.82 Å². The van der Waals surface area contributed by atoms with Crippen LogP contribution in [0.2, 0.25) is 0 Å². The molecule has 24 heavy (non-hydrogen) atoms. The number of nitrogens with one attached hydrogen (secondary N) is 1. The Morgan fingerprint density at radius 2 is 1.92 bits per heavy atom. The van der Waals surface area contributed by atoms with Crippen LogP contribution in [0.25, 0.3) is 0 Å². The Hall–Kier alpha value is -2.78. The molecular formula is C18H22N4O2. The van der Waals surface area contributed by atoms with Gasteiger partial charge in [-0.3, -0.25) is 0 Å². The molecule has 2 rings (SSSR count). The summed E-state index contributed by atoms with van der Waals surface area (Å²) in [6.07, 6.45) is 0. The van der Waals surface area contributed by atoms with Gasteiger partial charge < -0.3 is 19.7 Å². The van der Waals surface area contributed by atoms with Crippen molar-refractivity contribution in [2.24, 2.45) is 0 Å². The predicted molar refractivity (Wildman–Crippen MR) is 93.4 cm³/mol. The molecule has 6 heteroatoms. The van der Waals surface area contributed by atoms with E-state index in [0.29, 0.717) is 29.6 Å². The monoisotopic (exact) mass is 326 g/mol. The van der Waals surface area contributed by atoms with E-state index in [4.69, 9.17) is 14.7 Å². The van der Waals surface area contributed by atoms with E-state index in [1.54, 1.807) is 20.3 Å². The molecule has 0 amide bonds. The number of nitrogens with zero attached hydrogens (tertiary/aromatic N) is 3. The number of rotatable bonds is 7. The van der Waals surface area contributed by atoms with Crippen LogP contribution in [0.1, 0.15) is 17.3 Å². The van der Waals surface area contributed by atoms with Crippen molar-refractivity contribution in [1.82, 2.24) is 9.88 Å². The molecular weight excluding hydrogens is 304 g/mol. The van der Waals surface area contributed by atoms with Gasteiger partial charge >= 0.3 is 0 Å². The van der Waals surface area contributed by atoms with Gasteiger partial charge in [0.15, 0.2) is 11.5 Å². The smallest absolute Gasteiger partial charge is 0.161 e. The number of benzene rings is 1. The Balaban J connectivity index is 2.19. The topological polar surface area (TPSA) is 70.4 Å².